The summed E-state index contributed by atoms with van der Waals surface area (Å²) in [5, 5.41) is 3.11. The van der Waals surface area contributed by atoms with Gasteiger partial charge in [0.1, 0.15) is 0 Å². The number of hydrogen-bond donors (Lipinski definition) is 0. The zero-order valence-electron chi connectivity index (χ0n) is 13.8. The van der Waals surface area contributed by atoms with Gasteiger partial charge in [0.2, 0.25) is 0 Å². The van der Waals surface area contributed by atoms with Gasteiger partial charge in [-0.15, -0.1) is 11.3 Å². The van der Waals surface area contributed by atoms with Gasteiger partial charge in [0.15, 0.2) is 5.13 Å². The Hall–Kier alpha value is -2.54. The van der Waals surface area contributed by atoms with E-state index >= 15 is 0 Å². The lowest BCUT2D eigenvalue weighted by atomic mass is 9.97. The van der Waals surface area contributed by atoms with Crippen molar-refractivity contribution in [1.82, 2.24) is 19.5 Å². The van der Waals surface area contributed by atoms with E-state index < -0.39 is 0 Å². The molecule has 1 aliphatic rings. The van der Waals surface area contributed by atoms with Crippen LogP contribution in [0, 0.1) is 5.92 Å². The highest BCUT2D eigenvalue weighted by Crippen LogP contribution is 2.25. The van der Waals surface area contributed by atoms with Gasteiger partial charge in [-0.2, -0.15) is 0 Å². The van der Waals surface area contributed by atoms with Crippen LogP contribution in [0.4, 0.5) is 5.13 Å². The van der Waals surface area contributed by atoms with Gasteiger partial charge >= 0.3 is 0 Å². The molecule has 4 rings (SSSR count). The van der Waals surface area contributed by atoms with Gasteiger partial charge in [-0.3, -0.25) is 14.3 Å². The number of thiazole rings is 1. The fourth-order valence-corrected chi connectivity index (χ4v) is 3.90. The van der Waals surface area contributed by atoms with Gasteiger partial charge in [0.25, 0.3) is 5.56 Å². The Balaban J connectivity index is 1.41. The van der Waals surface area contributed by atoms with E-state index in [9.17, 15) is 4.79 Å². The molecule has 0 aromatic carbocycles. The summed E-state index contributed by atoms with van der Waals surface area (Å²) in [6.45, 7) is 2.72. The second-order valence-electron chi connectivity index (χ2n) is 6.25. The molecule has 1 saturated heterocycles. The van der Waals surface area contributed by atoms with Crippen molar-refractivity contribution in [2.45, 2.75) is 19.4 Å². The summed E-state index contributed by atoms with van der Waals surface area (Å²) in [5.41, 5.74) is 1.61. The smallest absolute Gasteiger partial charge is 0.253 e. The molecule has 0 N–H and O–H groups in total. The van der Waals surface area contributed by atoms with Crippen molar-refractivity contribution in [3.05, 3.63) is 58.9 Å². The van der Waals surface area contributed by atoms with Gasteiger partial charge in [-0.05, 0) is 30.9 Å². The minimum absolute atomic E-state index is 0.00386. The van der Waals surface area contributed by atoms with Crippen molar-refractivity contribution >= 4 is 16.5 Å². The van der Waals surface area contributed by atoms with Gasteiger partial charge in [0.05, 0.1) is 12.0 Å². The molecule has 0 saturated carbocycles. The van der Waals surface area contributed by atoms with Crippen molar-refractivity contribution in [3.63, 3.8) is 0 Å². The number of nitrogens with zero attached hydrogens (tertiary/aromatic N) is 5. The Kier molecular flexibility index (Phi) is 4.56. The summed E-state index contributed by atoms with van der Waals surface area (Å²) in [6, 6.07) is 5.33. The standard InChI is InChI=1S/C18H19N5OS/c24-17-11-16(15-1-5-19-6-2-15)21-13-23(17)12-14-3-8-22(9-4-14)18-20-7-10-25-18/h1-2,5-7,10-11,13-14H,3-4,8-9,12H2. The van der Waals surface area contributed by atoms with E-state index in [-0.39, 0.29) is 5.56 Å². The highest BCUT2D eigenvalue weighted by Gasteiger charge is 2.21. The summed E-state index contributed by atoms with van der Waals surface area (Å²) in [7, 11) is 0. The molecule has 128 valence electrons. The average molecular weight is 353 g/mol. The van der Waals surface area contributed by atoms with Crippen LogP contribution in [0.2, 0.25) is 0 Å². The first-order chi connectivity index (χ1) is 12.3. The Morgan fingerprint density at radius 3 is 2.60 bits per heavy atom. The zero-order chi connectivity index (χ0) is 17.1. The fourth-order valence-electron chi connectivity index (χ4n) is 3.20. The van der Waals surface area contributed by atoms with E-state index in [1.807, 2.05) is 23.7 Å². The second kappa shape index (κ2) is 7.14. The molecule has 3 aromatic rings. The third-order valence-electron chi connectivity index (χ3n) is 4.61. The molecular weight excluding hydrogens is 334 g/mol. The molecule has 0 unspecified atom stereocenters. The number of aromatic nitrogens is 4. The van der Waals surface area contributed by atoms with Gasteiger partial charge in [-0.25, -0.2) is 9.97 Å². The number of pyridine rings is 1. The van der Waals surface area contributed by atoms with Gasteiger partial charge in [-0.1, -0.05) is 0 Å². The first-order valence-corrected chi connectivity index (χ1v) is 9.29. The first kappa shape index (κ1) is 16.0. The molecule has 0 bridgehead atoms. The summed E-state index contributed by atoms with van der Waals surface area (Å²) < 4.78 is 1.73. The number of piperidine rings is 1. The summed E-state index contributed by atoms with van der Waals surface area (Å²) >= 11 is 1.68. The highest BCUT2D eigenvalue weighted by atomic mass is 32.1. The second-order valence-corrected chi connectivity index (χ2v) is 7.12. The van der Waals surface area contributed by atoms with Crippen molar-refractivity contribution in [1.29, 1.82) is 0 Å². The van der Waals surface area contributed by atoms with E-state index in [4.69, 9.17) is 0 Å². The maximum absolute atomic E-state index is 12.4. The van der Waals surface area contributed by atoms with Crippen LogP contribution < -0.4 is 10.5 Å². The van der Waals surface area contributed by atoms with Crippen molar-refractivity contribution in [2.24, 2.45) is 5.92 Å². The van der Waals surface area contributed by atoms with E-state index in [2.05, 4.69) is 19.9 Å². The SMILES string of the molecule is O=c1cc(-c2ccncc2)ncn1CC1CCN(c2nccs2)CC1. The van der Waals surface area contributed by atoms with Crippen LogP contribution in [0.25, 0.3) is 11.3 Å². The molecule has 25 heavy (non-hydrogen) atoms. The van der Waals surface area contributed by atoms with Crippen LogP contribution in [0.3, 0.4) is 0 Å². The van der Waals surface area contributed by atoms with E-state index in [1.54, 1.807) is 40.7 Å². The lowest BCUT2D eigenvalue weighted by Crippen LogP contribution is -2.36. The van der Waals surface area contributed by atoms with Crippen molar-refractivity contribution in [2.75, 3.05) is 18.0 Å². The number of rotatable bonds is 4. The molecule has 1 fully saturated rings. The third kappa shape index (κ3) is 3.61. The first-order valence-electron chi connectivity index (χ1n) is 8.41. The van der Waals surface area contributed by atoms with Crippen LogP contribution in [-0.2, 0) is 6.54 Å². The largest absolute Gasteiger partial charge is 0.348 e. The lowest BCUT2D eigenvalue weighted by Gasteiger charge is -2.31. The quantitative estimate of drug-likeness (QED) is 0.721. The summed E-state index contributed by atoms with van der Waals surface area (Å²) in [5.74, 6) is 0.502. The number of hydrogen-bond acceptors (Lipinski definition) is 6. The Morgan fingerprint density at radius 1 is 1.12 bits per heavy atom. The Bertz CT molecular complexity index is 870. The minimum Gasteiger partial charge on any atom is -0.348 e. The van der Waals surface area contributed by atoms with E-state index in [0.717, 1.165) is 43.2 Å². The minimum atomic E-state index is 0.00386. The molecule has 1 aliphatic heterocycles. The monoisotopic (exact) mass is 353 g/mol. The molecule has 7 heteroatoms. The third-order valence-corrected chi connectivity index (χ3v) is 5.45. The average Bonchev–Trinajstić information content (AvgIpc) is 3.19. The summed E-state index contributed by atoms with van der Waals surface area (Å²) in [4.78, 5) is 27.6. The maximum Gasteiger partial charge on any atom is 0.253 e. The van der Waals surface area contributed by atoms with Crippen LogP contribution >= 0.6 is 11.3 Å². The maximum atomic E-state index is 12.4. The lowest BCUT2D eigenvalue weighted by molar-refractivity contribution is 0.351. The van der Waals surface area contributed by atoms with E-state index in [0.29, 0.717) is 11.6 Å². The van der Waals surface area contributed by atoms with Crippen LogP contribution in [0.15, 0.2) is 53.3 Å². The predicted molar refractivity (Wildman–Crippen MR) is 98.8 cm³/mol. The summed E-state index contributed by atoms with van der Waals surface area (Å²) in [6.07, 6.45) is 9.07. The van der Waals surface area contributed by atoms with E-state index in [1.165, 1.54) is 0 Å². The van der Waals surface area contributed by atoms with Gasteiger partial charge < -0.3 is 4.90 Å². The molecule has 0 atom stereocenters. The molecule has 0 spiro atoms. The zero-order valence-corrected chi connectivity index (χ0v) is 14.6. The highest BCUT2D eigenvalue weighted by molar-refractivity contribution is 7.13. The number of anilines is 1. The molecule has 0 aliphatic carbocycles. The van der Waals surface area contributed by atoms with Crippen LogP contribution in [0.5, 0.6) is 0 Å². The van der Waals surface area contributed by atoms with Crippen molar-refractivity contribution < 1.29 is 0 Å². The predicted octanol–water partition coefficient (Wildman–Crippen LogP) is 2.68. The topological polar surface area (TPSA) is 63.9 Å². The van der Waals surface area contributed by atoms with Crippen LogP contribution in [-0.4, -0.2) is 32.6 Å². The molecule has 6 nitrogen and oxygen atoms in total. The fraction of sp³-hybridized carbons (Fsp3) is 0.333. The molecular formula is C18H19N5OS. The Labute approximate surface area is 149 Å². The Morgan fingerprint density at radius 2 is 1.92 bits per heavy atom. The van der Waals surface area contributed by atoms with Gasteiger partial charge in [0, 0.05) is 55.2 Å². The van der Waals surface area contributed by atoms with Crippen LogP contribution in [0.1, 0.15) is 12.8 Å². The van der Waals surface area contributed by atoms with Crippen molar-refractivity contribution in [3.8, 4) is 11.3 Å². The molecule has 0 radical (unpaired) electrons. The normalized spacial score (nSPS) is 15.4. The molecule has 0 amide bonds. The molecule has 3 aromatic heterocycles. The molecule has 4 heterocycles.